The summed E-state index contributed by atoms with van der Waals surface area (Å²) in [5.74, 6) is -0.794. The molecule has 0 unspecified atom stereocenters. The van der Waals surface area contributed by atoms with Crippen molar-refractivity contribution in [2.45, 2.75) is 43.4 Å². The van der Waals surface area contributed by atoms with Crippen molar-refractivity contribution in [1.82, 2.24) is 4.31 Å². The maximum Gasteiger partial charge on any atom is 0.243 e. The average Bonchev–Trinajstić information content (AvgIpc) is 3.31. The molecule has 0 spiro atoms. The van der Waals surface area contributed by atoms with Crippen molar-refractivity contribution in [1.29, 1.82) is 0 Å². The average molecular weight is 446 g/mol. The first-order valence-electron chi connectivity index (χ1n) is 10.9. The Hall–Kier alpha value is -2.45. The topological polar surface area (TPSA) is 69.7 Å². The summed E-state index contributed by atoms with van der Waals surface area (Å²) in [5.41, 5.74) is 1.58. The van der Waals surface area contributed by atoms with Crippen molar-refractivity contribution in [2.75, 3.05) is 36.4 Å². The molecular weight excluding hydrogens is 417 g/mol. The van der Waals surface area contributed by atoms with Gasteiger partial charge < -0.3 is 10.2 Å². The van der Waals surface area contributed by atoms with Crippen LogP contribution in [0, 0.1) is 5.82 Å². The molecule has 2 aliphatic heterocycles. The largest absolute Gasteiger partial charge is 0.370 e. The molecule has 1 amide bonds. The molecule has 0 radical (unpaired) electrons. The number of benzene rings is 2. The fraction of sp³-hybridized carbons (Fsp3) is 0.435. The minimum Gasteiger partial charge on any atom is -0.370 e. The van der Waals surface area contributed by atoms with E-state index >= 15 is 0 Å². The molecule has 0 saturated carbocycles. The number of carbonyl (C=O) groups excluding carboxylic acids is 1. The maximum absolute atomic E-state index is 14.5. The fourth-order valence-electron chi connectivity index (χ4n) is 4.26. The van der Waals surface area contributed by atoms with Crippen molar-refractivity contribution >= 4 is 27.3 Å². The predicted molar refractivity (Wildman–Crippen MR) is 119 cm³/mol. The third kappa shape index (κ3) is 4.91. The third-order valence-electron chi connectivity index (χ3n) is 5.94. The van der Waals surface area contributed by atoms with E-state index in [1.807, 2.05) is 6.07 Å². The van der Waals surface area contributed by atoms with Gasteiger partial charge in [0.05, 0.1) is 17.0 Å². The van der Waals surface area contributed by atoms with E-state index in [0.717, 1.165) is 45.2 Å². The van der Waals surface area contributed by atoms with Crippen LogP contribution < -0.4 is 10.2 Å². The number of para-hydroxylation sites is 1. The summed E-state index contributed by atoms with van der Waals surface area (Å²) in [5, 5.41) is 2.72. The van der Waals surface area contributed by atoms with Gasteiger partial charge in [-0.2, -0.15) is 4.31 Å². The number of halogens is 1. The zero-order valence-corrected chi connectivity index (χ0v) is 18.3. The van der Waals surface area contributed by atoms with Crippen molar-refractivity contribution < 1.29 is 17.6 Å². The van der Waals surface area contributed by atoms with Gasteiger partial charge in [-0.15, -0.1) is 0 Å². The van der Waals surface area contributed by atoms with E-state index < -0.39 is 15.8 Å². The molecular formula is C23H28FN3O3S. The van der Waals surface area contributed by atoms with Crippen LogP contribution in [0.1, 0.15) is 37.7 Å². The van der Waals surface area contributed by atoms with E-state index in [0.29, 0.717) is 24.3 Å². The molecule has 0 aliphatic carbocycles. The molecule has 6 nitrogen and oxygen atoms in total. The fourth-order valence-corrected chi connectivity index (χ4v) is 5.78. The molecule has 0 bridgehead atoms. The number of nitrogens with zero attached hydrogens (tertiary/aromatic N) is 2. The Labute approximate surface area is 183 Å². The highest BCUT2D eigenvalue weighted by molar-refractivity contribution is 7.89. The van der Waals surface area contributed by atoms with Gasteiger partial charge in [-0.05, 0) is 55.5 Å². The van der Waals surface area contributed by atoms with Crippen LogP contribution in [0.3, 0.4) is 0 Å². The van der Waals surface area contributed by atoms with Gasteiger partial charge in [-0.25, -0.2) is 12.8 Å². The van der Waals surface area contributed by atoms with Gasteiger partial charge in [0.2, 0.25) is 15.9 Å². The lowest BCUT2D eigenvalue weighted by Crippen LogP contribution is -2.35. The smallest absolute Gasteiger partial charge is 0.243 e. The SMILES string of the molecule is O=C(Cc1ccc(S(=O)(=O)N2CCCCC2)cc1)Nc1c(F)cccc1N1CCCC1. The molecule has 2 heterocycles. The number of anilines is 2. The molecule has 2 aliphatic rings. The number of nitrogens with one attached hydrogen (secondary N) is 1. The van der Waals surface area contributed by atoms with Crippen molar-refractivity contribution in [3.8, 4) is 0 Å². The lowest BCUT2D eigenvalue weighted by molar-refractivity contribution is -0.115. The van der Waals surface area contributed by atoms with Crippen LogP contribution in [0.15, 0.2) is 47.4 Å². The minimum absolute atomic E-state index is 0.0395. The lowest BCUT2D eigenvalue weighted by atomic mass is 10.1. The number of sulfonamides is 1. The highest BCUT2D eigenvalue weighted by Crippen LogP contribution is 2.31. The second-order valence-electron chi connectivity index (χ2n) is 8.16. The summed E-state index contributed by atoms with van der Waals surface area (Å²) in [4.78, 5) is 14.9. The standard InChI is InChI=1S/C23H28FN3O3S/c24-20-7-6-8-21(26-13-4-5-14-26)23(20)25-22(28)17-18-9-11-19(12-10-18)31(29,30)27-15-2-1-3-16-27/h6-12H,1-5,13-17H2,(H,25,28). The van der Waals surface area contributed by atoms with Crippen LogP contribution in [0.2, 0.25) is 0 Å². The van der Waals surface area contributed by atoms with Crippen molar-refractivity contribution in [2.24, 2.45) is 0 Å². The first-order chi connectivity index (χ1) is 14.9. The molecule has 2 aromatic rings. The van der Waals surface area contributed by atoms with Gasteiger partial charge >= 0.3 is 0 Å². The first kappa shape index (κ1) is 21.8. The Morgan fingerprint density at radius 2 is 1.55 bits per heavy atom. The van der Waals surface area contributed by atoms with Crippen LogP contribution in [0.4, 0.5) is 15.8 Å². The number of hydrogen-bond donors (Lipinski definition) is 1. The summed E-state index contributed by atoms with van der Waals surface area (Å²) in [6, 6.07) is 11.2. The van der Waals surface area contributed by atoms with E-state index in [1.165, 1.54) is 10.4 Å². The van der Waals surface area contributed by atoms with E-state index in [4.69, 9.17) is 0 Å². The van der Waals surface area contributed by atoms with Crippen LogP contribution >= 0.6 is 0 Å². The molecule has 4 rings (SSSR count). The Morgan fingerprint density at radius 3 is 2.23 bits per heavy atom. The Morgan fingerprint density at radius 1 is 0.903 bits per heavy atom. The van der Waals surface area contributed by atoms with E-state index in [1.54, 1.807) is 30.3 Å². The van der Waals surface area contributed by atoms with Crippen LogP contribution in [0.25, 0.3) is 0 Å². The van der Waals surface area contributed by atoms with Gasteiger partial charge in [-0.1, -0.05) is 24.6 Å². The highest BCUT2D eigenvalue weighted by atomic mass is 32.2. The van der Waals surface area contributed by atoms with Crippen LogP contribution in [-0.4, -0.2) is 44.8 Å². The van der Waals surface area contributed by atoms with Crippen molar-refractivity contribution in [3.63, 3.8) is 0 Å². The molecule has 0 atom stereocenters. The number of amides is 1. The molecule has 2 fully saturated rings. The first-order valence-corrected chi connectivity index (χ1v) is 12.3. The Balaban J connectivity index is 1.44. The maximum atomic E-state index is 14.5. The molecule has 2 aromatic carbocycles. The van der Waals surface area contributed by atoms with E-state index in [-0.39, 0.29) is 22.9 Å². The van der Waals surface area contributed by atoms with Crippen LogP contribution in [-0.2, 0) is 21.2 Å². The Kier molecular flexibility index (Phi) is 6.57. The summed E-state index contributed by atoms with van der Waals surface area (Å²) >= 11 is 0. The van der Waals surface area contributed by atoms with Crippen LogP contribution in [0.5, 0.6) is 0 Å². The Bertz CT molecular complexity index is 1030. The quantitative estimate of drug-likeness (QED) is 0.735. The monoisotopic (exact) mass is 445 g/mol. The van der Waals surface area contributed by atoms with Crippen molar-refractivity contribution in [3.05, 3.63) is 53.8 Å². The normalized spacial score (nSPS) is 17.6. The number of hydrogen-bond acceptors (Lipinski definition) is 4. The molecule has 0 aromatic heterocycles. The summed E-state index contributed by atoms with van der Waals surface area (Å²) in [7, 11) is -3.50. The third-order valence-corrected chi connectivity index (χ3v) is 7.86. The predicted octanol–water partition coefficient (Wildman–Crippen LogP) is 3.78. The molecule has 31 heavy (non-hydrogen) atoms. The van der Waals surface area contributed by atoms with E-state index in [2.05, 4.69) is 10.2 Å². The number of rotatable bonds is 6. The van der Waals surface area contributed by atoms with Gasteiger partial charge in [-0.3, -0.25) is 4.79 Å². The second-order valence-corrected chi connectivity index (χ2v) is 10.1. The molecule has 1 N–H and O–H groups in total. The lowest BCUT2D eigenvalue weighted by Gasteiger charge is -2.25. The zero-order chi connectivity index (χ0) is 21.8. The minimum atomic E-state index is -3.50. The number of carbonyl (C=O) groups is 1. The van der Waals surface area contributed by atoms with Gasteiger partial charge in [0, 0.05) is 26.2 Å². The molecule has 8 heteroatoms. The number of piperidine rings is 1. The van der Waals surface area contributed by atoms with E-state index in [9.17, 15) is 17.6 Å². The summed E-state index contributed by atoms with van der Waals surface area (Å²) < 4.78 is 41.5. The van der Waals surface area contributed by atoms with Gasteiger partial charge in [0.15, 0.2) is 0 Å². The van der Waals surface area contributed by atoms with Gasteiger partial charge in [0.25, 0.3) is 0 Å². The second kappa shape index (κ2) is 9.36. The molecule has 2 saturated heterocycles. The highest BCUT2D eigenvalue weighted by Gasteiger charge is 2.26. The summed E-state index contributed by atoms with van der Waals surface area (Å²) in [6.07, 6.45) is 4.96. The summed E-state index contributed by atoms with van der Waals surface area (Å²) in [6.45, 7) is 2.79. The molecule has 166 valence electrons. The van der Waals surface area contributed by atoms with Gasteiger partial charge in [0.1, 0.15) is 11.5 Å². The zero-order valence-electron chi connectivity index (χ0n) is 17.5.